The standard InChI is InChI=1S/C20H22BrN3O4/c1-28-20(27)22-13-18(25)24-17(11-14-5-3-2-4-6-14)19(26)23-16-9-7-15(12-21)8-10-16/h2-10,17H,11-13H2,1H3,(H,22,27)(H,23,26)(H,24,25). The van der Waals surface area contributed by atoms with Gasteiger partial charge in [-0.2, -0.15) is 0 Å². The predicted octanol–water partition coefficient (Wildman–Crippen LogP) is 2.60. The fraction of sp³-hybridized carbons (Fsp3) is 0.250. The fourth-order valence-electron chi connectivity index (χ4n) is 2.44. The Labute approximate surface area is 172 Å². The van der Waals surface area contributed by atoms with E-state index in [4.69, 9.17) is 0 Å². The lowest BCUT2D eigenvalue weighted by atomic mass is 10.0. The molecule has 148 valence electrons. The number of halogens is 1. The number of methoxy groups -OCH3 is 1. The number of hydrogen-bond acceptors (Lipinski definition) is 4. The van der Waals surface area contributed by atoms with Crippen molar-refractivity contribution in [3.63, 3.8) is 0 Å². The summed E-state index contributed by atoms with van der Waals surface area (Å²) in [5.41, 5.74) is 2.62. The smallest absolute Gasteiger partial charge is 0.407 e. The minimum atomic E-state index is -0.801. The average Bonchev–Trinajstić information content (AvgIpc) is 2.72. The minimum absolute atomic E-state index is 0.287. The lowest BCUT2D eigenvalue weighted by Crippen LogP contribution is -2.48. The van der Waals surface area contributed by atoms with Crippen molar-refractivity contribution in [2.75, 3.05) is 19.0 Å². The SMILES string of the molecule is COC(=O)NCC(=O)NC(Cc1ccccc1)C(=O)Nc1ccc(CBr)cc1. The molecule has 0 spiro atoms. The minimum Gasteiger partial charge on any atom is -0.453 e. The molecule has 3 amide bonds. The first-order chi connectivity index (χ1) is 13.5. The highest BCUT2D eigenvalue weighted by Crippen LogP contribution is 2.13. The highest BCUT2D eigenvalue weighted by molar-refractivity contribution is 9.08. The third-order valence-electron chi connectivity index (χ3n) is 3.89. The van der Waals surface area contributed by atoms with E-state index < -0.39 is 18.0 Å². The number of carbonyl (C=O) groups is 3. The highest BCUT2D eigenvalue weighted by Gasteiger charge is 2.21. The van der Waals surface area contributed by atoms with E-state index in [-0.39, 0.29) is 12.5 Å². The van der Waals surface area contributed by atoms with Crippen molar-refractivity contribution in [1.29, 1.82) is 0 Å². The van der Waals surface area contributed by atoms with Gasteiger partial charge in [0.15, 0.2) is 0 Å². The summed E-state index contributed by atoms with van der Waals surface area (Å²) in [6.07, 6.45) is -0.401. The van der Waals surface area contributed by atoms with Crippen molar-refractivity contribution in [2.24, 2.45) is 0 Å². The second-order valence-electron chi connectivity index (χ2n) is 5.97. The van der Waals surface area contributed by atoms with Gasteiger partial charge in [-0.25, -0.2) is 4.79 Å². The first kappa shape index (κ1) is 21.4. The summed E-state index contributed by atoms with van der Waals surface area (Å²) in [5.74, 6) is -0.835. The van der Waals surface area contributed by atoms with E-state index in [2.05, 4.69) is 36.6 Å². The number of benzene rings is 2. The Hall–Kier alpha value is -2.87. The fourth-order valence-corrected chi connectivity index (χ4v) is 2.81. The van der Waals surface area contributed by atoms with E-state index in [1.165, 1.54) is 7.11 Å². The monoisotopic (exact) mass is 447 g/mol. The Balaban J connectivity index is 2.06. The van der Waals surface area contributed by atoms with Crippen LogP contribution in [0.1, 0.15) is 11.1 Å². The number of rotatable bonds is 8. The van der Waals surface area contributed by atoms with Crippen LogP contribution in [0.4, 0.5) is 10.5 Å². The van der Waals surface area contributed by atoms with Gasteiger partial charge in [-0.05, 0) is 23.3 Å². The lowest BCUT2D eigenvalue weighted by molar-refractivity contribution is -0.125. The zero-order chi connectivity index (χ0) is 20.4. The third kappa shape index (κ3) is 7.03. The number of ether oxygens (including phenoxy) is 1. The maximum atomic E-state index is 12.8. The van der Waals surface area contributed by atoms with E-state index in [1.54, 1.807) is 12.1 Å². The normalized spacial score (nSPS) is 11.2. The molecule has 0 radical (unpaired) electrons. The van der Waals surface area contributed by atoms with Crippen LogP contribution in [0.25, 0.3) is 0 Å². The first-order valence-corrected chi connectivity index (χ1v) is 9.75. The summed E-state index contributed by atoms with van der Waals surface area (Å²) in [5, 5.41) is 8.49. The molecule has 3 N–H and O–H groups in total. The van der Waals surface area contributed by atoms with Gasteiger partial charge in [-0.1, -0.05) is 58.4 Å². The van der Waals surface area contributed by atoms with Crippen LogP contribution in [0.5, 0.6) is 0 Å². The molecule has 0 heterocycles. The van der Waals surface area contributed by atoms with Gasteiger partial charge in [0.2, 0.25) is 11.8 Å². The molecular formula is C20H22BrN3O4. The number of nitrogens with one attached hydrogen (secondary N) is 3. The van der Waals surface area contributed by atoms with Crippen LogP contribution in [0.15, 0.2) is 54.6 Å². The molecule has 7 nitrogen and oxygen atoms in total. The molecule has 0 saturated carbocycles. The van der Waals surface area contributed by atoms with Gasteiger partial charge in [-0.15, -0.1) is 0 Å². The van der Waals surface area contributed by atoms with Crippen molar-refractivity contribution in [2.45, 2.75) is 17.8 Å². The molecule has 0 aliphatic rings. The van der Waals surface area contributed by atoms with Gasteiger partial charge in [-0.3, -0.25) is 9.59 Å². The number of alkyl halides is 1. The summed E-state index contributed by atoms with van der Waals surface area (Å²) in [6, 6.07) is 16.0. The molecule has 2 aromatic carbocycles. The predicted molar refractivity (Wildman–Crippen MR) is 110 cm³/mol. The number of alkyl carbamates (subject to hydrolysis) is 1. The number of anilines is 1. The van der Waals surface area contributed by atoms with Gasteiger partial charge in [0.1, 0.15) is 12.6 Å². The van der Waals surface area contributed by atoms with Crippen molar-refractivity contribution in [1.82, 2.24) is 10.6 Å². The summed E-state index contributed by atoms with van der Waals surface area (Å²) in [4.78, 5) is 36.0. The second kappa shape index (κ2) is 11.1. The molecule has 0 saturated heterocycles. The van der Waals surface area contributed by atoms with Crippen LogP contribution in [-0.2, 0) is 26.1 Å². The Morgan fingerprint density at radius 2 is 1.68 bits per heavy atom. The topological polar surface area (TPSA) is 96.5 Å². The Bertz CT molecular complexity index is 797. The molecule has 0 fully saturated rings. The zero-order valence-electron chi connectivity index (χ0n) is 15.4. The van der Waals surface area contributed by atoms with Gasteiger partial charge in [0, 0.05) is 17.4 Å². The number of amides is 3. The van der Waals surface area contributed by atoms with Gasteiger partial charge < -0.3 is 20.7 Å². The molecule has 28 heavy (non-hydrogen) atoms. The average molecular weight is 448 g/mol. The van der Waals surface area contributed by atoms with E-state index in [0.717, 1.165) is 16.5 Å². The molecule has 0 aromatic heterocycles. The molecule has 2 rings (SSSR count). The van der Waals surface area contributed by atoms with Crippen LogP contribution in [0.3, 0.4) is 0 Å². The van der Waals surface area contributed by atoms with Crippen molar-refractivity contribution in [3.05, 3.63) is 65.7 Å². The molecule has 2 aromatic rings. The van der Waals surface area contributed by atoms with Crippen molar-refractivity contribution < 1.29 is 19.1 Å². The van der Waals surface area contributed by atoms with Crippen LogP contribution in [0, 0.1) is 0 Å². The van der Waals surface area contributed by atoms with Crippen LogP contribution < -0.4 is 16.0 Å². The quantitative estimate of drug-likeness (QED) is 0.541. The number of carbonyl (C=O) groups excluding carboxylic acids is 3. The highest BCUT2D eigenvalue weighted by atomic mass is 79.9. The molecule has 8 heteroatoms. The van der Waals surface area contributed by atoms with E-state index in [0.29, 0.717) is 12.1 Å². The molecular weight excluding hydrogens is 426 g/mol. The van der Waals surface area contributed by atoms with E-state index in [9.17, 15) is 14.4 Å². The molecule has 0 bridgehead atoms. The molecule has 0 aliphatic carbocycles. The van der Waals surface area contributed by atoms with Gasteiger partial charge in [0.25, 0.3) is 0 Å². The lowest BCUT2D eigenvalue weighted by Gasteiger charge is -2.19. The van der Waals surface area contributed by atoms with Crippen molar-refractivity contribution in [3.8, 4) is 0 Å². The van der Waals surface area contributed by atoms with Gasteiger partial charge in [0.05, 0.1) is 7.11 Å². The Morgan fingerprint density at radius 3 is 2.29 bits per heavy atom. The van der Waals surface area contributed by atoms with Crippen LogP contribution >= 0.6 is 15.9 Å². The second-order valence-corrected chi connectivity index (χ2v) is 6.54. The van der Waals surface area contributed by atoms with Crippen molar-refractivity contribution >= 4 is 39.5 Å². The molecule has 1 unspecified atom stereocenters. The van der Waals surface area contributed by atoms with E-state index >= 15 is 0 Å². The maximum absolute atomic E-state index is 12.8. The van der Waals surface area contributed by atoms with Crippen LogP contribution in [-0.4, -0.2) is 37.6 Å². The molecule has 0 aliphatic heterocycles. The first-order valence-electron chi connectivity index (χ1n) is 8.62. The van der Waals surface area contributed by atoms with E-state index in [1.807, 2.05) is 42.5 Å². The number of hydrogen-bond donors (Lipinski definition) is 3. The maximum Gasteiger partial charge on any atom is 0.407 e. The summed E-state index contributed by atoms with van der Waals surface area (Å²) in [7, 11) is 1.21. The Morgan fingerprint density at radius 1 is 1.00 bits per heavy atom. The van der Waals surface area contributed by atoms with Gasteiger partial charge >= 0.3 is 6.09 Å². The molecule has 1 atom stereocenters. The summed E-state index contributed by atoms with van der Waals surface area (Å²) in [6.45, 7) is -0.287. The summed E-state index contributed by atoms with van der Waals surface area (Å²) >= 11 is 3.38. The Kier molecular flexibility index (Phi) is 8.48. The summed E-state index contributed by atoms with van der Waals surface area (Å²) < 4.78 is 4.43. The zero-order valence-corrected chi connectivity index (χ0v) is 17.0. The third-order valence-corrected chi connectivity index (χ3v) is 4.54. The largest absolute Gasteiger partial charge is 0.453 e. The van der Waals surface area contributed by atoms with Crippen LogP contribution in [0.2, 0.25) is 0 Å².